The second-order valence-electron chi connectivity index (χ2n) is 5.22. The highest BCUT2D eigenvalue weighted by atomic mass is 32.2. The van der Waals surface area contributed by atoms with Gasteiger partial charge in [-0.05, 0) is 25.8 Å². The molecule has 0 radical (unpaired) electrons. The summed E-state index contributed by atoms with van der Waals surface area (Å²) >= 11 is 0. The SMILES string of the molecule is CCS(=O)(=O)NC1CCN(c2ncnc3[nH]ccc23)CC1. The van der Waals surface area contributed by atoms with E-state index in [9.17, 15) is 8.42 Å². The molecule has 1 saturated heterocycles. The molecule has 7 nitrogen and oxygen atoms in total. The average molecular weight is 309 g/mol. The number of sulfonamides is 1. The minimum Gasteiger partial charge on any atom is -0.356 e. The second kappa shape index (κ2) is 5.61. The van der Waals surface area contributed by atoms with Gasteiger partial charge in [-0.1, -0.05) is 0 Å². The van der Waals surface area contributed by atoms with Crippen LogP contribution in [0.5, 0.6) is 0 Å². The first kappa shape index (κ1) is 14.3. The molecule has 8 heteroatoms. The summed E-state index contributed by atoms with van der Waals surface area (Å²) in [5, 5.41) is 1.00. The molecule has 0 atom stereocenters. The third kappa shape index (κ3) is 3.01. The van der Waals surface area contributed by atoms with Gasteiger partial charge in [0, 0.05) is 25.3 Å². The van der Waals surface area contributed by atoms with Gasteiger partial charge >= 0.3 is 0 Å². The number of H-pyrrole nitrogens is 1. The number of anilines is 1. The molecular weight excluding hydrogens is 290 g/mol. The first-order valence-electron chi connectivity index (χ1n) is 7.12. The van der Waals surface area contributed by atoms with Crippen LogP contribution in [0.2, 0.25) is 0 Å². The van der Waals surface area contributed by atoms with E-state index in [1.54, 1.807) is 13.3 Å². The van der Waals surface area contributed by atoms with Crippen molar-refractivity contribution in [1.82, 2.24) is 19.7 Å². The van der Waals surface area contributed by atoms with Gasteiger partial charge in [-0.2, -0.15) is 0 Å². The van der Waals surface area contributed by atoms with Crippen LogP contribution < -0.4 is 9.62 Å². The molecule has 3 heterocycles. The van der Waals surface area contributed by atoms with E-state index in [4.69, 9.17) is 0 Å². The Morgan fingerprint density at radius 2 is 2.14 bits per heavy atom. The molecule has 1 aliphatic rings. The van der Waals surface area contributed by atoms with Crippen LogP contribution in [-0.2, 0) is 10.0 Å². The zero-order chi connectivity index (χ0) is 14.9. The van der Waals surface area contributed by atoms with Crippen LogP contribution >= 0.6 is 0 Å². The maximum absolute atomic E-state index is 11.6. The predicted molar refractivity (Wildman–Crippen MR) is 81.7 cm³/mol. The second-order valence-corrected chi connectivity index (χ2v) is 7.26. The number of aromatic amines is 1. The van der Waals surface area contributed by atoms with E-state index >= 15 is 0 Å². The van der Waals surface area contributed by atoms with Crippen molar-refractivity contribution in [2.45, 2.75) is 25.8 Å². The molecule has 1 fully saturated rings. The predicted octanol–water partition coefficient (Wildman–Crippen LogP) is 0.866. The van der Waals surface area contributed by atoms with Crippen molar-refractivity contribution in [3.8, 4) is 0 Å². The Morgan fingerprint density at radius 3 is 2.86 bits per heavy atom. The van der Waals surface area contributed by atoms with Gasteiger partial charge in [-0.25, -0.2) is 23.1 Å². The van der Waals surface area contributed by atoms with Crippen LogP contribution in [0.1, 0.15) is 19.8 Å². The fourth-order valence-corrected chi connectivity index (χ4v) is 3.57. The molecule has 0 aromatic carbocycles. The van der Waals surface area contributed by atoms with E-state index < -0.39 is 10.0 Å². The molecule has 3 rings (SSSR count). The van der Waals surface area contributed by atoms with Gasteiger partial charge in [0.15, 0.2) is 0 Å². The van der Waals surface area contributed by atoms with E-state index in [0.29, 0.717) is 0 Å². The molecular formula is C13H19N5O2S. The Bertz CT molecular complexity index is 719. The van der Waals surface area contributed by atoms with Crippen molar-refractivity contribution in [1.29, 1.82) is 0 Å². The number of nitrogens with one attached hydrogen (secondary N) is 2. The number of hydrogen-bond donors (Lipinski definition) is 2. The van der Waals surface area contributed by atoms with Crippen molar-refractivity contribution in [2.24, 2.45) is 0 Å². The minimum atomic E-state index is -3.13. The van der Waals surface area contributed by atoms with Gasteiger partial charge in [-0.3, -0.25) is 0 Å². The Balaban J connectivity index is 1.70. The summed E-state index contributed by atoms with van der Waals surface area (Å²) in [7, 11) is -3.13. The van der Waals surface area contributed by atoms with Gasteiger partial charge in [-0.15, -0.1) is 0 Å². The normalized spacial score (nSPS) is 17.5. The summed E-state index contributed by atoms with van der Waals surface area (Å²) in [6.45, 7) is 3.23. The molecule has 2 N–H and O–H groups in total. The Hall–Kier alpha value is -1.67. The van der Waals surface area contributed by atoms with Gasteiger partial charge in [0.25, 0.3) is 0 Å². The number of piperidine rings is 1. The lowest BCUT2D eigenvalue weighted by Crippen LogP contribution is -2.45. The number of hydrogen-bond acceptors (Lipinski definition) is 5. The zero-order valence-corrected chi connectivity index (χ0v) is 12.7. The van der Waals surface area contributed by atoms with E-state index in [2.05, 4.69) is 24.6 Å². The van der Waals surface area contributed by atoms with Crippen molar-refractivity contribution >= 4 is 26.9 Å². The lowest BCUT2D eigenvalue weighted by atomic mass is 10.1. The molecule has 2 aromatic heterocycles. The maximum atomic E-state index is 11.6. The molecule has 0 saturated carbocycles. The molecule has 114 valence electrons. The fraction of sp³-hybridized carbons (Fsp3) is 0.538. The summed E-state index contributed by atoms with van der Waals surface area (Å²) in [5.74, 6) is 1.04. The third-order valence-corrected chi connectivity index (χ3v) is 5.31. The number of aromatic nitrogens is 3. The summed E-state index contributed by atoms with van der Waals surface area (Å²) in [6.07, 6.45) is 4.98. The fourth-order valence-electron chi connectivity index (χ4n) is 2.66. The Kier molecular flexibility index (Phi) is 3.81. The van der Waals surface area contributed by atoms with Crippen LogP contribution in [-0.4, -0.2) is 48.3 Å². The average Bonchev–Trinajstić information content (AvgIpc) is 2.96. The van der Waals surface area contributed by atoms with Gasteiger partial charge in [0.05, 0.1) is 11.1 Å². The molecule has 0 spiro atoms. The Morgan fingerprint density at radius 1 is 1.38 bits per heavy atom. The molecule has 0 bridgehead atoms. The van der Waals surface area contributed by atoms with Crippen molar-refractivity contribution in [3.05, 3.63) is 18.6 Å². The Labute approximate surface area is 123 Å². The van der Waals surface area contributed by atoms with Crippen LogP contribution in [0.4, 0.5) is 5.82 Å². The summed E-state index contributed by atoms with van der Waals surface area (Å²) in [6, 6.07) is 1.99. The first-order valence-corrected chi connectivity index (χ1v) is 8.77. The number of rotatable bonds is 4. The summed E-state index contributed by atoms with van der Waals surface area (Å²) < 4.78 is 26.0. The standard InChI is InChI=1S/C13H19N5O2S/c1-2-21(19,20)17-10-4-7-18(8-5-10)13-11-3-6-14-12(11)15-9-16-13/h3,6,9-10,17H,2,4-5,7-8H2,1H3,(H,14,15,16). The van der Waals surface area contributed by atoms with E-state index in [1.165, 1.54) is 0 Å². The van der Waals surface area contributed by atoms with Crippen LogP contribution in [0, 0.1) is 0 Å². The molecule has 0 aliphatic carbocycles. The van der Waals surface area contributed by atoms with Crippen LogP contribution in [0.25, 0.3) is 11.0 Å². The van der Waals surface area contributed by atoms with Crippen LogP contribution in [0.15, 0.2) is 18.6 Å². The maximum Gasteiger partial charge on any atom is 0.211 e. The molecule has 0 unspecified atom stereocenters. The van der Waals surface area contributed by atoms with E-state index in [-0.39, 0.29) is 11.8 Å². The number of nitrogens with zero attached hydrogens (tertiary/aromatic N) is 3. The first-order chi connectivity index (χ1) is 10.1. The van der Waals surface area contributed by atoms with Gasteiger partial charge < -0.3 is 9.88 Å². The largest absolute Gasteiger partial charge is 0.356 e. The molecule has 21 heavy (non-hydrogen) atoms. The summed E-state index contributed by atoms with van der Waals surface area (Å²) in [5.41, 5.74) is 0.828. The zero-order valence-electron chi connectivity index (χ0n) is 11.9. The van der Waals surface area contributed by atoms with E-state index in [1.807, 2.05) is 12.3 Å². The highest BCUT2D eigenvalue weighted by molar-refractivity contribution is 7.89. The monoisotopic (exact) mass is 309 g/mol. The van der Waals surface area contributed by atoms with Gasteiger partial charge in [0.2, 0.25) is 10.0 Å². The highest BCUT2D eigenvalue weighted by Gasteiger charge is 2.24. The smallest absolute Gasteiger partial charge is 0.211 e. The van der Waals surface area contributed by atoms with E-state index in [0.717, 1.165) is 42.8 Å². The quantitative estimate of drug-likeness (QED) is 0.874. The van der Waals surface area contributed by atoms with Crippen molar-refractivity contribution in [3.63, 3.8) is 0 Å². The molecule has 1 aliphatic heterocycles. The third-order valence-electron chi connectivity index (χ3n) is 3.85. The highest BCUT2D eigenvalue weighted by Crippen LogP contribution is 2.25. The molecule has 0 amide bonds. The van der Waals surface area contributed by atoms with Gasteiger partial charge in [0.1, 0.15) is 17.8 Å². The minimum absolute atomic E-state index is 0.0229. The topological polar surface area (TPSA) is 91.0 Å². The van der Waals surface area contributed by atoms with Crippen LogP contribution in [0.3, 0.4) is 0 Å². The van der Waals surface area contributed by atoms with Crippen molar-refractivity contribution in [2.75, 3.05) is 23.7 Å². The summed E-state index contributed by atoms with van der Waals surface area (Å²) in [4.78, 5) is 13.8. The number of fused-ring (bicyclic) bond motifs is 1. The lowest BCUT2D eigenvalue weighted by Gasteiger charge is -2.33. The van der Waals surface area contributed by atoms with Crippen molar-refractivity contribution < 1.29 is 8.42 Å². The molecule has 2 aromatic rings. The lowest BCUT2D eigenvalue weighted by molar-refractivity contribution is 0.459.